The van der Waals surface area contributed by atoms with Crippen LogP contribution in [0.2, 0.25) is 5.02 Å². The Kier molecular flexibility index (Phi) is 6.54. The monoisotopic (exact) mass is 408 g/mol. The number of anilines is 1. The minimum absolute atomic E-state index is 0.291. The molecule has 0 N–H and O–H groups in total. The molecule has 0 aliphatic carbocycles. The first-order valence-electron chi connectivity index (χ1n) is 8.57. The Morgan fingerprint density at radius 3 is 2.26 bits per heavy atom. The molecule has 0 radical (unpaired) electrons. The fraction of sp³-hybridized carbons (Fsp3) is 0.350. The van der Waals surface area contributed by atoms with E-state index in [1.54, 1.807) is 39.1 Å². The summed E-state index contributed by atoms with van der Waals surface area (Å²) in [4.78, 5) is 14.5. The number of carbonyl (C=O) groups is 1. The SMILES string of the molecule is Cc1ccc(CN(C)C(=O)[C@H](C)N(c2cc(Cl)ccc2C)S(C)(=O)=O)cc1. The molecule has 5 nitrogen and oxygen atoms in total. The van der Waals surface area contributed by atoms with Gasteiger partial charge in [-0.05, 0) is 44.0 Å². The van der Waals surface area contributed by atoms with Crippen LogP contribution in [0.5, 0.6) is 0 Å². The number of aryl methyl sites for hydroxylation is 2. The number of halogens is 1. The number of carbonyl (C=O) groups excluding carboxylic acids is 1. The van der Waals surface area contributed by atoms with Crippen LogP contribution in [0.25, 0.3) is 0 Å². The van der Waals surface area contributed by atoms with E-state index in [0.717, 1.165) is 27.3 Å². The lowest BCUT2D eigenvalue weighted by Gasteiger charge is -2.32. The van der Waals surface area contributed by atoms with E-state index in [4.69, 9.17) is 11.6 Å². The lowest BCUT2D eigenvalue weighted by Crippen LogP contribution is -2.48. The second kappa shape index (κ2) is 8.31. The van der Waals surface area contributed by atoms with Crippen molar-refractivity contribution >= 4 is 33.2 Å². The van der Waals surface area contributed by atoms with Gasteiger partial charge in [0.15, 0.2) is 0 Å². The number of hydrogen-bond donors (Lipinski definition) is 0. The molecule has 0 saturated carbocycles. The van der Waals surface area contributed by atoms with Gasteiger partial charge >= 0.3 is 0 Å². The topological polar surface area (TPSA) is 57.7 Å². The number of benzene rings is 2. The van der Waals surface area contributed by atoms with Crippen molar-refractivity contribution in [3.05, 3.63) is 64.2 Å². The standard InChI is InChI=1S/C20H25ClN2O3S/c1-14-6-9-17(10-7-14)13-22(4)20(24)16(3)23(27(5,25)26)19-12-18(21)11-8-15(19)2/h6-12,16H,13H2,1-5H3/t16-/m0/s1. The molecule has 0 aromatic heterocycles. The van der Waals surface area contributed by atoms with Crippen LogP contribution in [0, 0.1) is 13.8 Å². The zero-order valence-electron chi connectivity index (χ0n) is 16.2. The molecule has 1 amide bonds. The molecule has 0 fully saturated rings. The van der Waals surface area contributed by atoms with Crippen LogP contribution in [0.3, 0.4) is 0 Å². The molecule has 2 aromatic rings. The second-order valence-corrected chi connectivity index (χ2v) is 9.14. The molecule has 2 rings (SSSR count). The van der Waals surface area contributed by atoms with E-state index in [1.165, 1.54) is 4.90 Å². The Hall–Kier alpha value is -2.05. The van der Waals surface area contributed by atoms with Crippen molar-refractivity contribution in [2.24, 2.45) is 0 Å². The van der Waals surface area contributed by atoms with Gasteiger partial charge in [-0.2, -0.15) is 0 Å². The normalized spacial score (nSPS) is 12.5. The Balaban J connectivity index is 2.31. The Bertz CT molecular complexity index is 927. The number of nitrogens with zero attached hydrogens (tertiary/aromatic N) is 2. The highest BCUT2D eigenvalue weighted by Crippen LogP contribution is 2.28. The Labute approximate surface area is 166 Å². The van der Waals surface area contributed by atoms with E-state index in [0.29, 0.717) is 17.3 Å². The van der Waals surface area contributed by atoms with Gasteiger partial charge in [0.1, 0.15) is 6.04 Å². The predicted octanol–water partition coefficient (Wildman–Crippen LogP) is 3.77. The van der Waals surface area contributed by atoms with Gasteiger partial charge in [0.2, 0.25) is 15.9 Å². The van der Waals surface area contributed by atoms with Gasteiger partial charge in [0.25, 0.3) is 0 Å². The Morgan fingerprint density at radius 2 is 1.70 bits per heavy atom. The number of rotatable bonds is 6. The average molecular weight is 409 g/mol. The summed E-state index contributed by atoms with van der Waals surface area (Å²) in [6.07, 6.45) is 1.09. The third-order valence-corrected chi connectivity index (χ3v) is 5.85. The highest BCUT2D eigenvalue weighted by atomic mass is 35.5. The molecular formula is C20H25ClN2O3S. The van der Waals surface area contributed by atoms with Crippen molar-refractivity contribution in [1.29, 1.82) is 0 Å². The molecular weight excluding hydrogens is 384 g/mol. The van der Waals surface area contributed by atoms with Crippen LogP contribution in [-0.2, 0) is 21.4 Å². The second-order valence-electron chi connectivity index (χ2n) is 6.85. The summed E-state index contributed by atoms with van der Waals surface area (Å²) >= 11 is 6.06. The lowest BCUT2D eigenvalue weighted by atomic mass is 10.1. The summed E-state index contributed by atoms with van der Waals surface area (Å²) in [5, 5.41) is 0.414. The minimum atomic E-state index is -3.69. The van der Waals surface area contributed by atoms with Crippen LogP contribution in [-0.4, -0.2) is 38.6 Å². The number of hydrogen-bond acceptors (Lipinski definition) is 3. The zero-order chi connectivity index (χ0) is 20.4. The fourth-order valence-electron chi connectivity index (χ4n) is 2.96. The van der Waals surface area contributed by atoms with Gasteiger partial charge in [-0.25, -0.2) is 8.42 Å². The highest BCUT2D eigenvalue weighted by Gasteiger charge is 2.32. The molecule has 0 bridgehead atoms. The lowest BCUT2D eigenvalue weighted by molar-refractivity contribution is -0.131. The van der Waals surface area contributed by atoms with E-state index in [1.807, 2.05) is 31.2 Å². The van der Waals surface area contributed by atoms with Gasteiger partial charge in [0, 0.05) is 18.6 Å². The number of sulfonamides is 1. The molecule has 0 aliphatic rings. The van der Waals surface area contributed by atoms with E-state index in [9.17, 15) is 13.2 Å². The summed E-state index contributed by atoms with van der Waals surface area (Å²) in [6, 6.07) is 12.0. The highest BCUT2D eigenvalue weighted by molar-refractivity contribution is 7.92. The molecule has 27 heavy (non-hydrogen) atoms. The van der Waals surface area contributed by atoms with E-state index in [2.05, 4.69) is 0 Å². The van der Waals surface area contributed by atoms with Crippen molar-refractivity contribution in [2.75, 3.05) is 17.6 Å². The van der Waals surface area contributed by atoms with Crippen LogP contribution in [0.15, 0.2) is 42.5 Å². The third kappa shape index (κ3) is 5.23. The van der Waals surface area contributed by atoms with Crippen LogP contribution < -0.4 is 4.31 Å². The van der Waals surface area contributed by atoms with Crippen LogP contribution in [0.1, 0.15) is 23.6 Å². The summed E-state index contributed by atoms with van der Waals surface area (Å²) in [6.45, 7) is 5.78. The minimum Gasteiger partial charge on any atom is -0.340 e. The smallest absolute Gasteiger partial charge is 0.246 e. The van der Waals surface area contributed by atoms with Crippen LogP contribution >= 0.6 is 11.6 Å². The molecule has 2 aromatic carbocycles. The van der Waals surface area contributed by atoms with Gasteiger partial charge in [-0.1, -0.05) is 47.5 Å². The average Bonchev–Trinajstić information content (AvgIpc) is 2.58. The number of amides is 1. The molecule has 0 heterocycles. The maximum atomic E-state index is 13.0. The first kappa shape index (κ1) is 21.3. The van der Waals surface area contributed by atoms with Gasteiger partial charge in [-0.15, -0.1) is 0 Å². The molecule has 0 unspecified atom stereocenters. The molecule has 7 heteroatoms. The van der Waals surface area contributed by atoms with E-state index < -0.39 is 16.1 Å². The molecule has 0 aliphatic heterocycles. The summed E-state index contributed by atoms with van der Waals surface area (Å²) in [5.41, 5.74) is 3.26. The maximum absolute atomic E-state index is 13.0. The first-order valence-corrected chi connectivity index (χ1v) is 10.8. The van der Waals surface area contributed by atoms with Crippen molar-refractivity contribution in [2.45, 2.75) is 33.4 Å². The first-order chi connectivity index (χ1) is 12.5. The largest absolute Gasteiger partial charge is 0.340 e. The summed E-state index contributed by atoms with van der Waals surface area (Å²) in [7, 11) is -2.02. The molecule has 1 atom stereocenters. The quantitative estimate of drug-likeness (QED) is 0.731. The summed E-state index contributed by atoms with van der Waals surface area (Å²) in [5.74, 6) is -0.291. The van der Waals surface area contributed by atoms with Crippen molar-refractivity contribution < 1.29 is 13.2 Å². The van der Waals surface area contributed by atoms with Gasteiger partial charge < -0.3 is 4.90 Å². The van der Waals surface area contributed by atoms with Crippen molar-refractivity contribution in [3.8, 4) is 0 Å². The van der Waals surface area contributed by atoms with Crippen molar-refractivity contribution in [3.63, 3.8) is 0 Å². The Morgan fingerprint density at radius 1 is 1.11 bits per heavy atom. The van der Waals surface area contributed by atoms with Crippen LogP contribution in [0.4, 0.5) is 5.69 Å². The molecule has 0 saturated heterocycles. The zero-order valence-corrected chi connectivity index (χ0v) is 17.8. The predicted molar refractivity (Wildman–Crippen MR) is 111 cm³/mol. The van der Waals surface area contributed by atoms with Gasteiger partial charge in [0.05, 0.1) is 11.9 Å². The maximum Gasteiger partial charge on any atom is 0.246 e. The van der Waals surface area contributed by atoms with E-state index >= 15 is 0 Å². The van der Waals surface area contributed by atoms with Gasteiger partial charge in [-0.3, -0.25) is 9.10 Å². The molecule has 0 spiro atoms. The summed E-state index contributed by atoms with van der Waals surface area (Å²) < 4.78 is 26.1. The van der Waals surface area contributed by atoms with E-state index in [-0.39, 0.29) is 5.91 Å². The van der Waals surface area contributed by atoms with Crippen molar-refractivity contribution in [1.82, 2.24) is 4.90 Å². The molecule has 146 valence electrons. The number of likely N-dealkylation sites (N-methyl/N-ethyl adjacent to an activating group) is 1. The third-order valence-electron chi connectivity index (χ3n) is 4.39. The fourth-order valence-corrected chi connectivity index (χ4v) is 4.34.